The van der Waals surface area contributed by atoms with E-state index < -0.39 is 5.60 Å². The zero-order chi connectivity index (χ0) is 11.7. The van der Waals surface area contributed by atoms with Crippen molar-refractivity contribution in [2.24, 2.45) is 0 Å². The van der Waals surface area contributed by atoms with Crippen molar-refractivity contribution in [2.45, 2.75) is 12.0 Å². The zero-order valence-electron chi connectivity index (χ0n) is 9.50. The highest BCUT2D eigenvalue weighted by Gasteiger charge is 2.34. The van der Waals surface area contributed by atoms with Gasteiger partial charge in [0.15, 0.2) is 0 Å². The average molecular weight is 229 g/mol. The van der Waals surface area contributed by atoms with Gasteiger partial charge in [0.2, 0.25) is 0 Å². The molecule has 1 aliphatic rings. The van der Waals surface area contributed by atoms with Crippen LogP contribution < -0.4 is 5.32 Å². The first-order chi connectivity index (χ1) is 8.27. The molecule has 4 nitrogen and oxygen atoms in total. The number of β-amino-alcohol motifs (C(OH)–C–C–N with tert-alkyl or cyclic N) is 1. The molecule has 3 rings (SSSR count). The molecular formula is C13H15N3O. The quantitative estimate of drug-likeness (QED) is 0.816. The van der Waals surface area contributed by atoms with Crippen LogP contribution in [0.1, 0.15) is 5.56 Å². The van der Waals surface area contributed by atoms with Crippen LogP contribution in [0.4, 0.5) is 0 Å². The summed E-state index contributed by atoms with van der Waals surface area (Å²) in [5.74, 6) is 0. The molecule has 1 saturated heterocycles. The van der Waals surface area contributed by atoms with Crippen LogP contribution in [0.15, 0.2) is 42.7 Å². The van der Waals surface area contributed by atoms with Crippen molar-refractivity contribution in [1.29, 1.82) is 0 Å². The van der Waals surface area contributed by atoms with Gasteiger partial charge in [0, 0.05) is 31.9 Å². The number of benzene rings is 1. The Morgan fingerprint density at radius 2 is 2.12 bits per heavy atom. The number of nitrogens with zero attached hydrogens (tertiary/aromatic N) is 2. The number of aliphatic hydroxyl groups is 1. The van der Waals surface area contributed by atoms with E-state index in [4.69, 9.17) is 0 Å². The fraction of sp³-hybridized carbons (Fsp3) is 0.308. The Balaban J connectivity index is 1.94. The van der Waals surface area contributed by atoms with Gasteiger partial charge in [-0.1, -0.05) is 18.2 Å². The third-order valence-electron chi connectivity index (χ3n) is 3.17. The van der Waals surface area contributed by atoms with Gasteiger partial charge in [0.05, 0.1) is 11.3 Å². The number of hydrogen-bond donors (Lipinski definition) is 2. The summed E-state index contributed by atoms with van der Waals surface area (Å²) in [4.78, 5) is 0. The highest BCUT2D eigenvalue weighted by molar-refractivity contribution is 5.41. The second-order valence-electron chi connectivity index (χ2n) is 4.58. The molecule has 1 aromatic carbocycles. The maximum atomic E-state index is 10.2. The van der Waals surface area contributed by atoms with E-state index in [0.29, 0.717) is 19.5 Å². The molecule has 2 N–H and O–H groups in total. The largest absolute Gasteiger partial charge is 0.387 e. The Labute approximate surface area is 99.9 Å². The van der Waals surface area contributed by atoms with Crippen LogP contribution in [0.3, 0.4) is 0 Å². The third kappa shape index (κ3) is 1.97. The lowest BCUT2D eigenvalue weighted by atomic mass is 9.88. The van der Waals surface area contributed by atoms with E-state index in [1.54, 1.807) is 6.20 Å². The lowest BCUT2D eigenvalue weighted by Gasteiger charge is -2.38. The molecule has 1 aliphatic heterocycles. The van der Waals surface area contributed by atoms with Crippen LogP contribution in [-0.2, 0) is 6.42 Å². The minimum absolute atomic E-state index is 0.594. The lowest BCUT2D eigenvalue weighted by molar-refractivity contribution is -0.00904. The van der Waals surface area contributed by atoms with Gasteiger partial charge in [0.25, 0.3) is 0 Å². The standard InChI is InChI=1S/C13H15N3O/c17-13(9-14-10-13)8-11-4-1-2-5-12(11)16-7-3-6-15-16/h1-7,14,17H,8-10H2. The van der Waals surface area contributed by atoms with Gasteiger partial charge in [-0.3, -0.25) is 0 Å². The fourth-order valence-electron chi connectivity index (χ4n) is 2.19. The van der Waals surface area contributed by atoms with Gasteiger partial charge in [-0.05, 0) is 17.7 Å². The van der Waals surface area contributed by atoms with Crippen molar-refractivity contribution in [2.75, 3.05) is 13.1 Å². The molecular weight excluding hydrogens is 214 g/mol. The lowest BCUT2D eigenvalue weighted by Crippen LogP contribution is -2.60. The zero-order valence-corrected chi connectivity index (χ0v) is 9.50. The Bertz CT molecular complexity index is 503. The van der Waals surface area contributed by atoms with Crippen molar-refractivity contribution in [3.8, 4) is 5.69 Å². The first kappa shape index (κ1) is 10.5. The third-order valence-corrected chi connectivity index (χ3v) is 3.17. The molecule has 1 aromatic heterocycles. The summed E-state index contributed by atoms with van der Waals surface area (Å²) in [5, 5.41) is 17.5. The molecule has 2 aromatic rings. The smallest absolute Gasteiger partial charge is 0.0935 e. The molecule has 4 heteroatoms. The summed E-state index contributed by atoms with van der Waals surface area (Å²) in [6.07, 6.45) is 4.34. The first-order valence-electron chi connectivity index (χ1n) is 5.78. The Hall–Kier alpha value is -1.65. The minimum atomic E-state index is -0.594. The SMILES string of the molecule is OC1(Cc2ccccc2-n2cccn2)CNC1. The molecule has 2 heterocycles. The van der Waals surface area contributed by atoms with E-state index in [9.17, 15) is 5.11 Å². The molecule has 0 spiro atoms. The molecule has 0 radical (unpaired) electrons. The van der Waals surface area contributed by atoms with Gasteiger partial charge in [-0.2, -0.15) is 5.10 Å². The van der Waals surface area contributed by atoms with Crippen molar-refractivity contribution in [3.05, 3.63) is 48.3 Å². The maximum Gasteiger partial charge on any atom is 0.0935 e. The highest BCUT2D eigenvalue weighted by atomic mass is 16.3. The molecule has 0 atom stereocenters. The van der Waals surface area contributed by atoms with Gasteiger partial charge in [-0.25, -0.2) is 4.68 Å². The van der Waals surface area contributed by atoms with Crippen molar-refractivity contribution in [3.63, 3.8) is 0 Å². The molecule has 1 fully saturated rings. The van der Waals surface area contributed by atoms with Crippen LogP contribution in [0, 0.1) is 0 Å². The monoisotopic (exact) mass is 229 g/mol. The molecule has 0 unspecified atom stereocenters. The fourth-order valence-corrected chi connectivity index (χ4v) is 2.19. The summed E-state index contributed by atoms with van der Waals surface area (Å²) in [6.45, 7) is 1.33. The van der Waals surface area contributed by atoms with Crippen LogP contribution >= 0.6 is 0 Å². The van der Waals surface area contributed by atoms with E-state index in [1.807, 2.05) is 41.2 Å². The van der Waals surface area contributed by atoms with Crippen molar-refractivity contribution in [1.82, 2.24) is 15.1 Å². The normalized spacial score (nSPS) is 17.7. The summed E-state index contributed by atoms with van der Waals surface area (Å²) in [7, 11) is 0. The maximum absolute atomic E-state index is 10.2. The molecule has 0 aliphatic carbocycles. The summed E-state index contributed by atoms with van der Waals surface area (Å²) in [6, 6.07) is 9.96. The second-order valence-corrected chi connectivity index (χ2v) is 4.58. The van der Waals surface area contributed by atoms with Crippen molar-refractivity contribution >= 4 is 0 Å². The van der Waals surface area contributed by atoms with Gasteiger partial charge in [-0.15, -0.1) is 0 Å². The van der Waals surface area contributed by atoms with Crippen LogP contribution in [-0.4, -0.2) is 33.6 Å². The van der Waals surface area contributed by atoms with E-state index in [2.05, 4.69) is 10.4 Å². The van der Waals surface area contributed by atoms with Crippen LogP contribution in [0.2, 0.25) is 0 Å². The van der Waals surface area contributed by atoms with Crippen LogP contribution in [0.5, 0.6) is 0 Å². The summed E-state index contributed by atoms with van der Waals surface area (Å²) < 4.78 is 1.84. The summed E-state index contributed by atoms with van der Waals surface area (Å²) >= 11 is 0. The minimum Gasteiger partial charge on any atom is -0.387 e. The van der Waals surface area contributed by atoms with Gasteiger partial charge >= 0.3 is 0 Å². The highest BCUT2D eigenvalue weighted by Crippen LogP contribution is 2.22. The number of nitrogens with one attached hydrogen (secondary N) is 1. The topological polar surface area (TPSA) is 50.1 Å². The summed E-state index contributed by atoms with van der Waals surface area (Å²) in [5.41, 5.74) is 1.57. The second kappa shape index (κ2) is 3.98. The Morgan fingerprint density at radius 1 is 1.29 bits per heavy atom. The molecule has 0 amide bonds. The van der Waals surface area contributed by atoms with Crippen LogP contribution in [0.25, 0.3) is 5.69 Å². The van der Waals surface area contributed by atoms with Gasteiger partial charge in [0.1, 0.15) is 0 Å². The predicted molar refractivity (Wildman–Crippen MR) is 65.1 cm³/mol. The van der Waals surface area contributed by atoms with E-state index in [0.717, 1.165) is 11.3 Å². The molecule has 0 saturated carbocycles. The van der Waals surface area contributed by atoms with Crippen molar-refractivity contribution < 1.29 is 5.11 Å². The Kier molecular flexibility index (Phi) is 2.46. The first-order valence-corrected chi connectivity index (χ1v) is 5.78. The Morgan fingerprint density at radius 3 is 2.76 bits per heavy atom. The van der Waals surface area contributed by atoms with E-state index >= 15 is 0 Å². The van der Waals surface area contributed by atoms with E-state index in [-0.39, 0.29) is 0 Å². The van der Waals surface area contributed by atoms with Gasteiger partial charge < -0.3 is 10.4 Å². The number of aromatic nitrogens is 2. The molecule has 17 heavy (non-hydrogen) atoms. The molecule has 88 valence electrons. The predicted octanol–water partition coefficient (Wildman–Crippen LogP) is 0.749. The van der Waals surface area contributed by atoms with E-state index in [1.165, 1.54) is 0 Å². The molecule has 0 bridgehead atoms. The number of rotatable bonds is 3. The number of para-hydroxylation sites is 1. The number of hydrogen-bond acceptors (Lipinski definition) is 3. The average Bonchev–Trinajstić information content (AvgIpc) is 2.81.